The molecule has 1 unspecified atom stereocenters. The monoisotopic (exact) mass is 345 g/mol. The van der Waals surface area contributed by atoms with Gasteiger partial charge >= 0.3 is 0 Å². The SMILES string of the molecule is COc1cc(C(=O)N(C)C(C)c2ccc(F)cc2)ccc1OC(C)C. The van der Waals surface area contributed by atoms with Gasteiger partial charge in [-0.3, -0.25) is 4.79 Å². The molecule has 0 radical (unpaired) electrons. The summed E-state index contributed by atoms with van der Waals surface area (Å²) in [6.45, 7) is 5.76. The van der Waals surface area contributed by atoms with Gasteiger partial charge in [0.2, 0.25) is 0 Å². The Labute approximate surface area is 148 Å². The molecule has 0 aromatic heterocycles. The Morgan fingerprint density at radius 2 is 1.68 bits per heavy atom. The largest absolute Gasteiger partial charge is 0.493 e. The predicted molar refractivity (Wildman–Crippen MR) is 95.7 cm³/mol. The second kappa shape index (κ2) is 8.01. The molecule has 0 N–H and O–H groups in total. The molecule has 2 aromatic carbocycles. The Bertz CT molecular complexity index is 728. The smallest absolute Gasteiger partial charge is 0.254 e. The third-order valence-electron chi connectivity index (χ3n) is 4.03. The number of nitrogens with zero attached hydrogens (tertiary/aromatic N) is 1. The Morgan fingerprint density at radius 3 is 2.24 bits per heavy atom. The van der Waals surface area contributed by atoms with Gasteiger partial charge in [-0.25, -0.2) is 4.39 Å². The summed E-state index contributed by atoms with van der Waals surface area (Å²) in [6.07, 6.45) is 0.0108. The molecule has 0 aliphatic heterocycles. The summed E-state index contributed by atoms with van der Waals surface area (Å²) in [5.74, 6) is 0.673. The van der Waals surface area contributed by atoms with Crippen molar-refractivity contribution in [2.24, 2.45) is 0 Å². The standard InChI is InChI=1S/C20H24FNO3/c1-13(2)25-18-11-8-16(12-19(18)24-5)20(23)22(4)14(3)15-6-9-17(21)10-7-15/h6-14H,1-5H3. The fourth-order valence-corrected chi connectivity index (χ4v) is 2.50. The number of hydrogen-bond acceptors (Lipinski definition) is 3. The van der Waals surface area contributed by atoms with Gasteiger partial charge in [0.1, 0.15) is 5.82 Å². The van der Waals surface area contributed by atoms with Gasteiger partial charge < -0.3 is 14.4 Å². The first-order chi connectivity index (χ1) is 11.8. The third-order valence-corrected chi connectivity index (χ3v) is 4.03. The Balaban J connectivity index is 2.22. The van der Waals surface area contributed by atoms with E-state index in [0.29, 0.717) is 17.1 Å². The van der Waals surface area contributed by atoms with Crippen molar-refractivity contribution in [2.75, 3.05) is 14.2 Å². The molecule has 0 saturated heterocycles. The molecule has 0 aliphatic carbocycles. The number of benzene rings is 2. The van der Waals surface area contributed by atoms with Crippen molar-refractivity contribution < 1.29 is 18.7 Å². The van der Waals surface area contributed by atoms with Gasteiger partial charge in [0, 0.05) is 12.6 Å². The van der Waals surface area contributed by atoms with Crippen molar-refractivity contribution in [2.45, 2.75) is 32.9 Å². The zero-order valence-corrected chi connectivity index (χ0v) is 15.2. The molecular formula is C20H24FNO3. The van der Waals surface area contributed by atoms with Crippen molar-refractivity contribution >= 4 is 5.91 Å². The minimum Gasteiger partial charge on any atom is -0.493 e. The van der Waals surface area contributed by atoms with Crippen LogP contribution in [-0.2, 0) is 0 Å². The first-order valence-corrected chi connectivity index (χ1v) is 8.20. The highest BCUT2D eigenvalue weighted by molar-refractivity contribution is 5.95. The summed E-state index contributed by atoms with van der Waals surface area (Å²) in [5, 5.41) is 0. The Hall–Kier alpha value is -2.56. The van der Waals surface area contributed by atoms with E-state index in [0.717, 1.165) is 5.56 Å². The lowest BCUT2D eigenvalue weighted by Gasteiger charge is -2.26. The zero-order chi connectivity index (χ0) is 18.6. The summed E-state index contributed by atoms with van der Waals surface area (Å²) in [6, 6.07) is 11.1. The molecule has 25 heavy (non-hydrogen) atoms. The van der Waals surface area contributed by atoms with Crippen molar-refractivity contribution in [3.8, 4) is 11.5 Å². The van der Waals surface area contributed by atoms with Gasteiger partial charge in [0.05, 0.1) is 19.3 Å². The molecule has 0 heterocycles. The van der Waals surface area contributed by atoms with Crippen LogP contribution in [0.3, 0.4) is 0 Å². The number of hydrogen-bond donors (Lipinski definition) is 0. The second-order valence-corrected chi connectivity index (χ2v) is 6.18. The van der Waals surface area contributed by atoms with E-state index in [1.54, 1.807) is 49.4 Å². The molecule has 0 aliphatic rings. The summed E-state index contributed by atoms with van der Waals surface area (Å²) < 4.78 is 24.1. The first-order valence-electron chi connectivity index (χ1n) is 8.20. The number of carbonyl (C=O) groups excluding carboxylic acids is 1. The number of amides is 1. The van der Waals surface area contributed by atoms with E-state index in [-0.39, 0.29) is 23.9 Å². The van der Waals surface area contributed by atoms with Crippen molar-refractivity contribution in [3.05, 3.63) is 59.4 Å². The van der Waals surface area contributed by atoms with Gasteiger partial charge in [-0.2, -0.15) is 0 Å². The lowest BCUT2D eigenvalue weighted by Crippen LogP contribution is -2.29. The molecular weight excluding hydrogens is 321 g/mol. The van der Waals surface area contributed by atoms with E-state index >= 15 is 0 Å². The topological polar surface area (TPSA) is 38.8 Å². The molecule has 0 bridgehead atoms. The highest BCUT2D eigenvalue weighted by Gasteiger charge is 2.20. The minimum absolute atomic E-state index is 0.0108. The van der Waals surface area contributed by atoms with Crippen LogP contribution in [0, 0.1) is 5.82 Å². The average Bonchev–Trinajstić information content (AvgIpc) is 2.60. The molecule has 0 saturated carbocycles. The van der Waals surface area contributed by atoms with E-state index in [1.165, 1.54) is 12.1 Å². The minimum atomic E-state index is -0.296. The maximum atomic E-state index is 13.1. The van der Waals surface area contributed by atoms with Gasteiger partial charge in [-0.1, -0.05) is 12.1 Å². The summed E-state index contributed by atoms with van der Waals surface area (Å²) in [4.78, 5) is 14.4. The molecule has 2 rings (SSSR count). The number of methoxy groups -OCH3 is 1. The van der Waals surface area contributed by atoms with Gasteiger partial charge in [-0.15, -0.1) is 0 Å². The summed E-state index contributed by atoms with van der Waals surface area (Å²) in [7, 11) is 3.27. The molecule has 2 aromatic rings. The fraction of sp³-hybridized carbons (Fsp3) is 0.350. The van der Waals surface area contributed by atoms with E-state index in [4.69, 9.17) is 9.47 Å². The molecule has 0 spiro atoms. The van der Waals surface area contributed by atoms with Crippen LogP contribution < -0.4 is 9.47 Å². The quantitative estimate of drug-likeness (QED) is 0.776. The van der Waals surface area contributed by atoms with E-state index in [1.807, 2.05) is 20.8 Å². The molecule has 1 amide bonds. The maximum absolute atomic E-state index is 13.1. The van der Waals surface area contributed by atoms with Crippen LogP contribution in [0.1, 0.15) is 42.7 Å². The van der Waals surface area contributed by atoms with E-state index < -0.39 is 0 Å². The highest BCUT2D eigenvalue weighted by Crippen LogP contribution is 2.30. The van der Waals surface area contributed by atoms with E-state index in [2.05, 4.69) is 0 Å². The van der Waals surface area contributed by atoms with Crippen molar-refractivity contribution in [1.29, 1.82) is 0 Å². The van der Waals surface area contributed by atoms with Gasteiger partial charge in [0.25, 0.3) is 5.91 Å². The number of halogens is 1. The number of rotatable bonds is 6. The van der Waals surface area contributed by atoms with Crippen LogP contribution in [-0.4, -0.2) is 31.1 Å². The van der Waals surface area contributed by atoms with Crippen LogP contribution >= 0.6 is 0 Å². The molecule has 4 nitrogen and oxygen atoms in total. The van der Waals surface area contributed by atoms with Crippen LogP contribution in [0.2, 0.25) is 0 Å². The summed E-state index contributed by atoms with van der Waals surface area (Å²) in [5.41, 5.74) is 1.37. The highest BCUT2D eigenvalue weighted by atomic mass is 19.1. The lowest BCUT2D eigenvalue weighted by atomic mass is 10.1. The third kappa shape index (κ3) is 4.50. The first kappa shape index (κ1) is 18.8. The molecule has 1 atom stereocenters. The number of carbonyl (C=O) groups is 1. The predicted octanol–water partition coefficient (Wildman–Crippen LogP) is 4.45. The van der Waals surface area contributed by atoms with Crippen LogP contribution in [0.25, 0.3) is 0 Å². The zero-order valence-electron chi connectivity index (χ0n) is 15.2. The lowest BCUT2D eigenvalue weighted by molar-refractivity contribution is 0.0742. The van der Waals surface area contributed by atoms with Crippen LogP contribution in [0.5, 0.6) is 11.5 Å². The van der Waals surface area contributed by atoms with Crippen LogP contribution in [0.4, 0.5) is 4.39 Å². The molecule has 134 valence electrons. The Kier molecular flexibility index (Phi) is 6.02. The van der Waals surface area contributed by atoms with Crippen molar-refractivity contribution in [1.82, 2.24) is 4.90 Å². The molecule has 0 fully saturated rings. The maximum Gasteiger partial charge on any atom is 0.254 e. The van der Waals surface area contributed by atoms with Crippen molar-refractivity contribution in [3.63, 3.8) is 0 Å². The second-order valence-electron chi connectivity index (χ2n) is 6.18. The summed E-state index contributed by atoms with van der Waals surface area (Å²) >= 11 is 0. The molecule has 5 heteroatoms. The fourth-order valence-electron chi connectivity index (χ4n) is 2.50. The number of ether oxygens (including phenoxy) is 2. The Morgan fingerprint density at radius 1 is 1.04 bits per heavy atom. The van der Waals surface area contributed by atoms with E-state index in [9.17, 15) is 9.18 Å². The van der Waals surface area contributed by atoms with Gasteiger partial charge in [0.15, 0.2) is 11.5 Å². The average molecular weight is 345 g/mol. The normalized spacial score (nSPS) is 12.0. The van der Waals surface area contributed by atoms with Gasteiger partial charge in [-0.05, 0) is 56.7 Å². The van der Waals surface area contributed by atoms with Crippen LogP contribution in [0.15, 0.2) is 42.5 Å².